The summed E-state index contributed by atoms with van der Waals surface area (Å²) in [5, 5.41) is 10.8. The number of carbonyl (C=O) groups is 1. The highest BCUT2D eigenvalue weighted by molar-refractivity contribution is 6.12. The van der Waals surface area contributed by atoms with Crippen LogP contribution in [0.3, 0.4) is 0 Å². The first-order chi connectivity index (χ1) is 15.0. The molecule has 1 N–H and O–H groups in total. The number of carbonyl (C=O) groups excluding carboxylic acids is 1. The molecule has 0 fully saturated rings. The minimum Gasteiger partial charge on any atom is -0.384 e. The summed E-state index contributed by atoms with van der Waals surface area (Å²) in [4.78, 5) is 13.1. The van der Waals surface area contributed by atoms with E-state index in [0.29, 0.717) is 5.56 Å². The van der Waals surface area contributed by atoms with Gasteiger partial charge in [-0.05, 0) is 41.5 Å². The molecule has 8 heteroatoms. The molecule has 0 aliphatic carbocycles. The third kappa shape index (κ3) is 5.45. The Morgan fingerprint density at radius 1 is 0.719 bits per heavy atom. The quantitative estimate of drug-likeness (QED) is 0.266. The fourth-order valence-corrected chi connectivity index (χ4v) is 3.01. The fraction of sp³-hybridized carbons (Fsp3) is 0.125. The topological polar surface area (TPSA) is 37.3 Å². The Bertz CT molecular complexity index is 1100. The first kappa shape index (κ1) is 23.3. The Morgan fingerprint density at radius 2 is 1.19 bits per heavy atom. The van der Waals surface area contributed by atoms with Crippen LogP contribution in [-0.2, 0) is 12.4 Å². The predicted octanol–water partition coefficient (Wildman–Crippen LogP) is 6.72. The summed E-state index contributed by atoms with van der Waals surface area (Å²) >= 11 is 0. The van der Waals surface area contributed by atoms with E-state index in [4.69, 9.17) is 0 Å². The monoisotopic (exact) mass is 450 g/mol. The van der Waals surface area contributed by atoms with Gasteiger partial charge in [-0.15, -0.1) is 0 Å². The van der Waals surface area contributed by atoms with Gasteiger partial charge in [-0.3, -0.25) is 4.79 Å². The SMILES string of the molecule is O=C(/C(=C\c1ccccc1)C(O)c1ccc(C(F)(F)F)cc1)c1ccc(C(F)(F)F)cc1. The van der Waals surface area contributed by atoms with Crippen molar-refractivity contribution in [2.45, 2.75) is 18.5 Å². The molecule has 166 valence electrons. The maximum atomic E-state index is 13.1. The number of hydrogen-bond donors (Lipinski definition) is 1. The number of aliphatic hydroxyl groups excluding tert-OH is 1. The molecule has 1 atom stereocenters. The first-order valence-corrected chi connectivity index (χ1v) is 9.30. The molecule has 0 aromatic heterocycles. The van der Waals surface area contributed by atoms with Gasteiger partial charge in [0.15, 0.2) is 5.78 Å². The van der Waals surface area contributed by atoms with Gasteiger partial charge in [-0.1, -0.05) is 54.6 Å². The van der Waals surface area contributed by atoms with E-state index in [0.717, 1.165) is 48.5 Å². The summed E-state index contributed by atoms with van der Waals surface area (Å²) in [6.07, 6.45) is -9.40. The molecule has 0 saturated carbocycles. The van der Waals surface area contributed by atoms with E-state index in [1.54, 1.807) is 30.3 Å². The molecule has 3 rings (SSSR count). The second-order valence-corrected chi connectivity index (χ2v) is 6.94. The van der Waals surface area contributed by atoms with E-state index in [9.17, 15) is 36.2 Å². The lowest BCUT2D eigenvalue weighted by Crippen LogP contribution is -2.13. The van der Waals surface area contributed by atoms with Gasteiger partial charge in [0, 0.05) is 11.1 Å². The summed E-state index contributed by atoms with van der Waals surface area (Å²) < 4.78 is 76.9. The van der Waals surface area contributed by atoms with Crippen LogP contribution in [0.1, 0.15) is 38.7 Å². The van der Waals surface area contributed by atoms with Crippen LogP contribution in [0.5, 0.6) is 0 Å². The molecule has 0 saturated heterocycles. The van der Waals surface area contributed by atoms with E-state index in [1.807, 2.05) is 0 Å². The van der Waals surface area contributed by atoms with Gasteiger partial charge in [0.2, 0.25) is 0 Å². The van der Waals surface area contributed by atoms with Crippen molar-refractivity contribution >= 4 is 11.9 Å². The zero-order valence-corrected chi connectivity index (χ0v) is 16.3. The Hall–Kier alpha value is -3.39. The average molecular weight is 450 g/mol. The fourth-order valence-electron chi connectivity index (χ4n) is 3.01. The molecular weight excluding hydrogens is 434 g/mol. The van der Waals surface area contributed by atoms with Gasteiger partial charge in [0.25, 0.3) is 0 Å². The number of ketones is 1. The van der Waals surface area contributed by atoms with Crippen LogP contribution < -0.4 is 0 Å². The summed E-state index contributed by atoms with van der Waals surface area (Å²) in [5.74, 6) is -0.755. The van der Waals surface area contributed by atoms with Crippen molar-refractivity contribution in [3.8, 4) is 0 Å². The van der Waals surface area contributed by atoms with E-state index in [-0.39, 0.29) is 16.7 Å². The van der Waals surface area contributed by atoms with E-state index in [2.05, 4.69) is 0 Å². The third-order valence-corrected chi connectivity index (χ3v) is 4.71. The second-order valence-electron chi connectivity index (χ2n) is 6.94. The number of halogens is 6. The number of hydrogen-bond acceptors (Lipinski definition) is 2. The van der Waals surface area contributed by atoms with E-state index < -0.39 is 35.4 Å². The highest BCUT2D eigenvalue weighted by atomic mass is 19.4. The second kappa shape index (κ2) is 9.00. The summed E-state index contributed by atoms with van der Waals surface area (Å²) in [6, 6.07) is 15.5. The van der Waals surface area contributed by atoms with Gasteiger partial charge in [-0.25, -0.2) is 0 Å². The molecule has 0 aliphatic heterocycles. The minimum atomic E-state index is -4.58. The van der Waals surface area contributed by atoms with Crippen molar-refractivity contribution < 1.29 is 36.2 Å². The Balaban J connectivity index is 2.00. The lowest BCUT2D eigenvalue weighted by atomic mass is 9.92. The smallest absolute Gasteiger partial charge is 0.384 e. The highest BCUT2D eigenvalue weighted by Gasteiger charge is 2.32. The lowest BCUT2D eigenvalue weighted by Gasteiger charge is -2.17. The molecule has 0 bridgehead atoms. The Labute approximate surface area is 179 Å². The van der Waals surface area contributed by atoms with Crippen LogP contribution in [0, 0.1) is 0 Å². The van der Waals surface area contributed by atoms with Crippen LogP contribution in [-0.4, -0.2) is 10.9 Å². The molecular formula is C24H16F6O2. The molecule has 3 aromatic carbocycles. The average Bonchev–Trinajstić information content (AvgIpc) is 2.76. The van der Waals surface area contributed by atoms with Gasteiger partial charge in [0.1, 0.15) is 6.10 Å². The zero-order chi connectivity index (χ0) is 23.5. The lowest BCUT2D eigenvalue weighted by molar-refractivity contribution is -0.138. The molecule has 0 heterocycles. The maximum Gasteiger partial charge on any atom is 0.416 e. The molecule has 0 amide bonds. The molecule has 2 nitrogen and oxygen atoms in total. The largest absolute Gasteiger partial charge is 0.416 e. The van der Waals surface area contributed by atoms with Crippen molar-refractivity contribution in [3.05, 3.63) is 112 Å². The van der Waals surface area contributed by atoms with Crippen LogP contribution >= 0.6 is 0 Å². The predicted molar refractivity (Wildman–Crippen MR) is 107 cm³/mol. The molecule has 0 spiro atoms. The van der Waals surface area contributed by atoms with Gasteiger partial charge < -0.3 is 5.11 Å². The minimum absolute atomic E-state index is 0.0282. The normalized spacial score (nSPS) is 13.7. The van der Waals surface area contributed by atoms with Gasteiger partial charge in [0.05, 0.1) is 11.1 Å². The van der Waals surface area contributed by atoms with Crippen molar-refractivity contribution in [1.82, 2.24) is 0 Å². The Kier molecular flexibility index (Phi) is 6.55. The number of Topliss-reactive ketones (excluding diaryl/α,β-unsaturated/α-hetero) is 1. The van der Waals surface area contributed by atoms with Gasteiger partial charge >= 0.3 is 12.4 Å². The number of rotatable bonds is 5. The Morgan fingerprint density at radius 3 is 1.66 bits per heavy atom. The zero-order valence-electron chi connectivity index (χ0n) is 16.3. The molecule has 3 aromatic rings. The third-order valence-electron chi connectivity index (χ3n) is 4.71. The van der Waals surface area contributed by atoms with Crippen molar-refractivity contribution in [2.75, 3.05) is 0 Å². The summed E-state index contributed by atoms with van der Waals surface area (Å²) in [6.45, 7) is 0. The highest BCUT2D eigenvalue weighted by Crippen LogP contribution is 2.33. The van der Waals surface area contributed by atoms with Crippen molar-refractivity contribution in [2.24, 2.45) is 0 Å². The molecule has 0 radical (unpaired) electrons. The van der Waals surface area contributed by atoms with E-state index >= 15 is 0 Å². The number of benzene rings is 3. The maximum absolute atomic E-state index is 13.1. The first-order valence-electron chi connectivity index (χ1n) is 9.30. The van der Waals surface area contributed by atoms with E-state index in [1.165, 1.54) is 6.08 Å². The summed E-state index contributed by atoms with van der Waals surface area (Å²) in [5.41, 5.74) is -1.61. The van der Waals surface area contributed by atoms with Crippen LogP contribution in [0.4, 0.5) is 26.3 Å². The van der Waals surface area contributed by atoms with Crippen LogP contribution in [0.2, 0.25) is 0 Å². The van der Waals surface area contributed by atoms with Crippen molar-refractivity contribution in [1.29, 1.82) is 0 Å². The number of alkyl halides is 6. The standard InChI is InChI=1S/C24H16F6O2/c25-23(26,27)18-10-6-16(7-11-18)21(31)20(14-15-4-2-1-3-5-15)22(32)17-8-12-19(13-9-17)24(28,29)30/h1-14,21,31H/b20-14-. The van der Waals surface area contributed by atoms with Crippen LogP contribution in [0.25, 0.3) is 6.08 Å². The molecule has 1 unspecified atom stereocenters. The van der Waals surface area contributed by atoms with Crippen molar-refractivity contribution in [3.63, 3.8) is 0 Å². The number of aliphatic hydroxyl groups is 1. The van der Waals surface area contributed by atoms with Gasteiger partial charge in [-0.2, -0.15) is 26.3 Å². The molecule has 0 aliphatic rings. The molecule has 32 heavy (non-hydrogen) atoms. The summed E-state index contributed by atoms with van der Waals surface area (Å²) in [7, 11) is 0. The van der Waals surface area contributed by atoms with Crippen LogP contribution in [0.15, 0.2) is 84.4 Å².